The first kappa shape index (κ1) is 22.1. The highest BCUT2D eigenvalue weighted by atomic mass is 35.5. The van der Waals surface area contributed by atoms with Gasteiger partial charge in [-0.1, -0.05) is 67.1 Å². The van der Waals surface area contributed by atoms with Crippen molar-refractivity contribution in [2.75, 3.05) is 18.3 Å². The van der Waals surface area contributed by atoms with Crippen LogP contribution >= 0.6 is 11.6 Å². The number of carbonyl (C=O) groups excluding carboxylic acids is 1. The Bertz CT molecular complexity index is 1320. The lowest BCUT2D eigenvalue weighted by molar-refractivity contribution is 0.0626. The van der Waals surface area contributed by atoms with Gasteiger partial charge in [-0.15, -0.1) is 0 Å². The van der Waals surface area contributed by atoms with Crippen LogP contribution < -0.4 is 15.2 Å². The van der Waals surface area contributed by atoms with Gasteiger partial charge < -0.3 is 14.7 Å². The van der Waals surface area contributed by atoms with Crippen molar-refractivity contribution < 1.29 is 14.6 Å². The lowest BCUT2D eigenvalue weighted by atomic mass is 9.96. The molecule has 1 aromatic heterocycles. The van der Waals surface area contributed by atoms with Crippen LogP contribution in [-0.2, 0) is 0 Å². The van der Waals surface area contributed by atoms with Crippen molar-refractivity contribution in [2.45, 2.75) is 25.4 Å². The van der Waals surface area contributed by atoms with E-state index in [1.165, 1.54) is 12.3 Å². The molecule has 1 N–H and O–H groups in total. The van der Waals surface area contributed by atoms with Crippen LogP contribution in [0.4, 0.5) is 0 Å². The molecule has 34 heavy (non-hydrogen) atoms. The van der Waals surface area contributed by atoms with E-state index in [1.807, 2.05) is 66.5 Å². The summed E-state index contributed by atoms with van der Waals surface area (Å²) in [7, 11) is 0. The van der Waals surface area contributed by atoms with E-state index in [-0.39, 0.29) is 25.0 Å². The zero-order valence-electron chi connectivity index (χ0n) is 18.6. The molecule has 2 bridgehead atoms. The van der Waals surface area contributed by atoms with Gasteiger partial charge >= 0.3 is 0 Å². The van der Waals surface area contributed by atoms with Crippen molar-refractivity contribution in [1.82, 2.24) is 9.58 Å². The number of benzene rings is 2. The molecule has 2 aliphatic heterocycles. The summed E-state index contributed by atoms with van der Waals surface area (Å²) in [6.07, 6.45) is 5.97. The van der Waals surface area contributed by atoms with Crippen LogP contribution in [0, 0.1) is 0 Å². The minimum atomic E-state index is -0.600. The van der Waals surface area contributed by atoms with Gasteiger partial charge in [0.15, 0.2) is 11.4 Å². The Morgan fingerprint density at radius 2 is 1.88 bits per heavy atom. The molecule has 7 nitrogen and oxygen atoms in total. The Morgan fingerprint density at radius 1 is 1.09 bits per heavy atom. The lowest BCUT2D eigenvalue weighted by Gasteiger charge is -2.45. The summed E-state index contributed by atoms with van der Waals surface area (Å²) in [4.78, 5) is 27.6. The minimum Gasteiger partial charge on any atom is -0.502 e. The van der Waals surface area contributed by atoms with E-state index in [4.69, 9.17) is 16.3 Å². The Kier molecular flexibility index (Phi) is 5.79. The number of nitrogens with zero attached hydrogens (tertiary/aromatic N) is 3. The molecule has 0 fully saturated rings. The van der Waals surface area contributed by atoms with Crippen molar-refractivity contribution in [3.05, 3.63) is 105 Å². The normalized spacial score (nSPS) is 20.6. The smallest absolute Gasteiger partial charge is 0.278 e. The molecule has 2 aliphatic rings. The number of aromatic hydroxyl groups is 1. The first-order chi connectivity index (χ1) is 16.5. The predicted octanol–water partition coefficient (Wildman–Crippen LogP) is 4.08. The Balaban J connectivity index is 1.83. The van der Waals surface area contributed by atoms with Crippen LogP contribution in [0.5, 0.6) is 11.5 Å². The van der Waals surface area contributed by atoms with Gasteiger partial charge in [0, 0.05) is 17.8 Å². The number of hydrogen-bond donors (Lipinski definition) is 1. The van der Waals surface area contributed by atoms with Crippen LogP contribution in [0.15, 0.2) is 77.7 Å². The number of rotatable bonds is 2. The number of carbonyl (C=O) groups is 1. The number of fused-ring (bicyclic) bond motifs is 5. The third-order valence-corrected chi connectivity index (χ3v) is 6.60. The van der Waals surface area contributed by atoms with Gasteiger partial charge in [0.2, 0.25) is 5.43 Å². The third kappa shape index (κ3) is 3.62. The van der Waals surface area contributed by atoms with Crippen LogP contribution in [0.2, 0.25) is 5.02 Å². The first-order valence-electron chi connectivity index (χ1n) is 11.2. The summed E-state index contributed by atoms with van der Waals surface area (Å²) in [5, 5.41) is 13.1. The fraction of sp³-hybridized carbons (Fsp3) is 0.231. The Labute approximate surface area is 202 Å². The van der Waals surface area contributed by atoms with E-state index in [2.05, 4.69) is 0 Å². The molecule has 1 amide bonds. The van der Waals surface area contributed by atoms with Gasteiger partial charge in [0.05, 0.1) is 11.1 Å². The van der Waals surface area contributed by atoms with Gasteiger partial charge in [-0.05, 0) is 24.1 Å². The van der Waals surface area contributed by atoms with Crippen molar-refractivity contribution in [2.24, 2.45) is 0 Å². The summed E-state index contributed by atoms with van der Waals surface area (Å²) < 4.78 is 7.72. The number of amides is 1. The zero-order valence-corrected chi connectivity index (χ0v) is 19.4. The average Bonchev–Trinajstić information content (AvgIpc) is 2.87. The molecule has 5 rings (SSSR count). The molecule has 0 unspecified atom stereocenters. The maximum Gasteiger partial charge on any atom is 0.278 e. The largest absolute Gasteiger partial charge is 0.502 e. The SMILES string of the molecule is CC[C@H]1/C=C\COc2c(Cl)cccc2[C@@H](c2ccccc2)N2CN1C(=O)c1c(O)c(=O)ccn12. The van der Waals surface area contributed by atoms with E-state index in [9.17, 15) is 14.7 Å². The molecule has 8 heteroatoms. The molecule has 3 heterocycles. The lowest BCUT2D eigenvalue weighted by Crippen LogP contribution is -2.57. The average molecular weight is 478 g/mol. The highest BCUT2D eigenvalue weighted by Gasteiger charge is 2.39. The van der Waals surface area contributed by atoms with Crippen molar-refractivity contribution in [3.8, 4) is 11.5 Å². The van der Waals surface area contributed by atoms with Gasteiger partial charge in [-0.25, -0.2) is 0 Å². The summed E-state index contributed by atoms with van der Waals surface area (Å²) in [5.74, 6) is -0.417. The quantitative estimate of drug-likeness (QED) is 0.563. The van der Waals surface area contributed by atoms with Crippen molar-refractivity contribution >= 4 is 17.5 Å². The van der Waals surface area contributed by atoms with Crippen LogP contribution in [-0.4, -0.2) is 39.9 Å². The highest BCUT2D eigenvalue weighted by Crippen LogP contribution is 2.40. The van der Waals surface area contributed by atoms with E-state index < -0.39 is 23.1 Å². The molecule has 2 atom stereocenters. The van der Waals surface area contributed by atoms with E-state index >= 15 is 0 Å². The minimum absolute atomic E-state index is 0.0599. The van der Waals surface area contributed by atoms with E-state index in [1.54, 1.807) is 15.6 Å². The molecule has 0 spiro atoms. The van der Waals surface area contributed by atoms with E-state index in [0.717, 1.165) is 11.1 Å². The standard InChI is InChI=1S/C26H24ClN3O4/c1-2-18-10-7-15-34-25-19(11-6-12-20(25)27)22(17-8-4-3-5-9-17)30-16-28(18)26(33)23-24(32)21(31)13-14-29(23)30/h3-14,18,22,32H,2,15-16H2,1H3/b10-7-/t18-,22+/m0/s1. The number of pyridine rings is 1. The molecule has 3 aromatic rings. The monoisotopic (exact) mass is 477 g/mol. The highest BCUT2D eigenvalue weighted by molar-refractivity contribution is 6.32. The van der Waals surface area contributed by atoms with Gasteiger partial charge in [-0.2, -0.15) is 0 Å². The third-order valence-electron chi connectivity index (χ3n) is 6.30. The molecule has 0 saturated heterocycles. The van der Waals surface area contributed by atoms with E-state index in [0.29, 0.717) is 17.2 Å². The van der Waals surface area contributed by atoms with Crippen LogP contribution in [0.3, 0.4) is 0 Å². The van der Waals surface area contributed by atoms with Crippen LogP contribution in [0.1, 0.15) is 41.0 Å². The summed E-state index contributed by atoms with van der Waals surface area (Å²) >= 11 is 6.59. The maximum atomic E-state index is 13.6. The summed E-state index contributed by atoms with van der Waals surface area (Å²) in [6.45, 7) is 2.50. The number of para-hydroxylation sites is 1. The predicted molar refractivity (Wildman–Crippen MR) is 130 cm³/mol. The molecule has 174 valence electrons. The van der Waals surface area contributed by atoms with Crippen molar-refractivity contribution in [3.63, 3.8) is 0 Å². The zero-order chi connectivity index (χ0) is 23.8. The number of halogens is 1. The van der Waals surface area contributed by atoms with Gasteiger partial charge in [0.1, 0.15) is 25.1 Å². The van der Waals surface area contributed by atoms with Crippen LogP contribution in [0.25, 0.3) is 0 Å². The number of hydrogen-bond acceptors (Lipinski definition) is 5. The fourth-order valence-corrected chi connectivity index (χ4v) is 4.90. The Morgan fingerprint density at radius 3 is 2.65 bits per heavy atom. The molecule has 2 aromatic carbocycles. The summed E-state index contributed by atoms with van der Waals surface area (Å²) in [5.41, 5.74) is 1.08. The summed E-state index contributed by atoms with van der Waals surface area (Å²) in [6, 6.07) is 16.0. The number of aromatic nitrogens is 1. The fourth-order valence-electron chi connectivity index (χ4n) is 4.66. The second kappa shape index (κ2) is 8.91. The topological polar surface area (TPSA) is 75.0 Å². The van der Waals surface area contributed by atoms with Gasteiger partial charge in [-0.3, -0.25) is 19.3 Å². The first-order valence-corrected chi connectivity index (χ1v) is 11.5. The second-order valence-electron chi connectivity index (χ2n) is 8.26. The molecule has 0 saturated carbocycles. The second-order valence-corrected chi connectivity index (χ2v) is 8.67. The van der Waals surface area contributed by atoms with Gasteiger partial charge in [0.25, 0.3) is 5.91 Å². The Hall–Kier alpha value is -3.71. The van der Waals surface area contributed by atoms with Crippen molar-refractivity contribution in [1.29, 1.82) is 0 Å². The maximum absolute atomic E-state index is 13.6. The number of ether oxygens (including phenoxy) is 1. The molecule has 0 radical (unpaired) electrons. The molecular formula is C26H24ClN3O4. The molecule has 0 aliphatic carbocycles. The molecular weight excluding hydrogens is 454 g/mol.